The molecule has 2 amide bonds. The number of amides is 2. The van der Waals surface area contributed by atoms with Gasteiger partial charge >= 0.3 is 0 Å². The Morgan fingerprint density at radius 2 is 2.22 bits per heavy atom. The van der Waals surface area contributed by atoms with E-state index < -0.39 is 0 Å². The van der Waals surface area contributed by atoms with E-state index in [9.17, 15) is 9.59 Å². The number of likely N-dealkylation sites (N-methyl/N-ethyl adjacent to an activating group) is 1. The summed E-state index contributed by atoms with van der Waals surface area (Å²) in [5, 5.41) is 4.23. The number of hydrogen-bond donors (Lipinski definition) is 1. The van der Waals surface area contributed by atoms with Crippen LogP contribution in [-0.4, -0.2) is 65.4 Å². The highest BCUT2D eigenvalue weighted by Gasteiger charge is 2.24. The molecule has 2 aromatic rings. The molecule has 0 radical (unpaired) electrons. The minimum absolute atomic E-state index is 0.0750. The van der Waals surface area contributed by atoms with Gasteiger partial charge in [-0.05, 0) is 31.0 Å². The fourth-order valence-electron chi connectivity index (χ4n) is 2.63. The minimum atomic E-state index is -0.116. The number of carbonyl (C=O) groups is 2. The first-order chi connectivity index (χ1) is 13.0. The number of benzene rings is 1. The van der Waals surface area contributed by atoms with Gasteiger partial charge in [-0.3, -0.25) is 9.59 Å². The zero-order chi connectivity index (χ0) is 19.4. The smallest absolute Gasteiger partial charge is 0.239 e. The second-order valence-electron chi connectivity index (χ2n) is 6.55. The molecule has 0 saturated heterocycles. The summed E-state index contributed by atoms with van der Waals surface area (Å²) in [7, 11) is 3.29. The lowest BCUT2D eigenvalue weighted by molar-refractivity contribution is -0.132. The van der Waals surface area contributed by atoms with Gasteiger partial charge in [0.2, 0.25) is 11.8 Å². The third-order valence-corrected chi connectivity index (χ3v) is 5.46. The fourth-order valence-corrected chi connectivity index (χ4v) is 3.78. The Kier molecular flexibility index (Phi) is 6.62. The number of ether oxygens (including phenoxy) is 1. The number of aromatic nitrogens is 2. The zero-order valence-electron chi connectivity index (χ0n) is 15.4. The van der Waals surface area contributed by atoms with E-state index in [-0.39, 0.29) is 24.1 Å². The maximum atomic E-state index is 12.4. The molecule has 0 aliphatic heterocycles. The average molecular weight is 411 g/mol. The lowest BCUT2D eigenvalue weighted by atomic mass is 10.3. The topological polar surface area (TPSA) is 76.5 Å². The first-order valence-electron chi connectivity index (χ1n) is 8.78. The highest BCUT2D eigenvalue weighted by Crippen LogP contribution is 2.26. The molecule has 9 heteroatoms. The number of fused-ring (bicyclic) bond motifs is 1. The molecule has 27 heavy (non-hydrogen) atoms. The molecule has 1 N–H and O–H groups in total. The van der Waals surface area contributed by atoms with Crippen molar-refractivity contribution in [2.24, 2.45) is 0 Å². The van der Waals surface area contributed by atoms with Gasteiger partial charge in [0.15, 0.2) is 5.16 Å². The van der Waals surface area contributed by atoms with E-state index >= 15 is 0 Å². The van der Waals surface area contributed by atoms with Gasteiger partial charge < -0.3 is 19.5 Å². The van der Waals surface area contributed by atoms with Gasteiger partial charge in [-0.15, -0.1) is 0 Å². The van der Waals surface area contributed by atoms with Crippen LogP contribution in [-0.2, 0) is 20.9 Å². The molecule has 1 aliphatic rings. The largest absolute Gasteiger partial charge is 0.383 e. The van der Waals surface area contributed by atoms with E-state index in [1.165, 1.54) is 16.7 Å². The van der Waals surface area contributed by atoms with Crippen molar-refractivity contribution in [2.45, 2.75) is 30.6 Å². The summed E-state index contributed by atoms with van der Waals surface area (Å²) in [6.45, 7) is 1.24. The molecule has 3 rings (SSSR count). The Morgan fingerprint density at radius 1 is 1.44 bits per heavy atom. The van der Waals surface area contributed by atoms with Crippen molar-refractivity contribution in [3.05, 3.63) is 23.2 Å². The van der Waals surface area contributed by atoms with Crippen LogP contribution < -0.4 is 5.32 Å². The summed E-state index contributed by atoms with van der Waals surface area (Å²) in [5.74, 6) is -0.0216. The normalized spacial score (nSPS) is 13.7. The molecular weight excluding hydrogens is 388 g/mol. The van der Waals surface area contributed by atoms with E-state index in [1.54, 1.807) is 20.2 Å². The SMILES string of the molecule is COCCn1c(SCC(=O)N(C)CC(=O)NC2CC2)nc2cc(Cl)ccc21. The molecular formula is C18H23ClN4O3S. The van der Waals surface area contributed by atoms with Crippen molar-refractivity contribution in [3.8, 4) is 0 Å². The quantitative estimate of drug-likeness (QED) is 0.641. The second-order valence-corrected chi connectivity index (χ2v) is 7.93. The third kappa shape index (κ3) is 5.37. The molecule has 1 saturated carbocycles. The monoisotopic (exact) mass is 410 g/mol. The van der Waals surface area contributed by atoms with Gasteiger partial charge in [0.05, 0.1) is 29.9 Å². The van der Waals surface area contributed by atoms with Crippen molar-refractivity contribution >= 4 is 46.2 Å². The van der Waals surface area contributed by atoms with Crippen molar-refractivity contribution < 1.29 is 14.3 Å². The highest BCUT2D eigenvalue weighted by molar-refractivity contribution is 7.99. The summed E-state index contributed by atoms with van der Waals surface area (Å²) in [6.07, 6.45) is 2.06. The van der Waals surface area contributed by atoms with Gasteiger partial charge in [-0.25, -0.2) is 4.98 Å². The Bertz CT molecular complexity index is 837. The summed E-state index contributed by atoms with van der Waals surface area (Å²) >= 11 is 7.41. The molecule has 146 valence electrons. The van der Waals surface area contributed by atoms with Crippen molar-refractivity contribution in [3.63, 3.8) is 0 Å². The standard InChI is InChI=1S/C18H23ClN4O3S/c1-22(10-16(24)20-13-4-5-13)17(25)11-27-18-21-14-9-12(19)3-6-15(14)23(18)7-8-26-2/h3,6,9,13H,4-5,7-8,10-11H2,1-2H3,(H,20,24). The first kappa shape index (κ1) is 20.0. The predicted molar refractivity (Wildman–Crippen MR) is 106 cm³/mol. The van der Waals surface area contributed by atoms with Crippen LogP contribution >= 0.6 is 23.4 Å². The van der Waals surface area contributed by atoms with Crippen LogP contribution in [0, 0.1) is 0 Å². The Hall–Kier alpha value is -1.77. The van der Waals surface area contributed by atoms with Crippen LogP contribution in [0.2, 0.25) is 5.02 Å². The Morgan fingerprint density at radius 3 is 2.93 bits per heavy atom. The maximum Gasteiger partial charge on any atom is 0.239 e. The molecule has 7 nitrogen and oxygen atoms in total. The van der Waals surface area contributed by atoms with Gasteiger partial charge in [0.1, 0.15) is 0 Å². The molecule has 1 aromatic carbocycles. The van der Waals surface area contributed by atoms with Crippen LogP contribution in [0.1, 0.15) is 12.8 Å². The van der Waals surface area contributed by atoms with E-state index in [0.29, 0.717) is 24.2 Å². The Labute approximate surface area is 167 Å². The van der Waals surface area contributed by atoms with Crippen LogP contribution in [0.25, 0.3) is 11.0 Å². The van der Waals surface area contributed by atoms with Crippen molar-refractivity contribution in [1.29, 1.82) is 0 Å². The molecule has 1 fully saturated rings. The number of hydrogen-bond acceptors (Lipinski definition) is 5. The number of imidazole rings is 1. The van der Waals surface area contributed by atoms with Crippen molar-refractivity contribution in [1.82, 2.24) is 19.8 Å². The average Bonchev–Trinajstić information content (AvgIpc) is 3.37. The molecule has 0 unspecified atom stereocenters. The highest BCUT2D eigenvalue weighted by atomic mass is 35.5. The second kappa shape index (κ2) is 8.95. The third-order valence-electron chi connectivity index (χ3n) is 4.27. The number of halogens is 1. The lowest BCUT2D eigenvalue weighted by Gasteiger charge is -2.16. The molecule has 0 spiro atoms. The number of nitrogens with one attached hydrogen (secondary N) is 1. The first-order valence-corrected chi connectivity index (χ1v) is 10.1. The number of nitrogens with zero attached hydrogens (tertiary/aromatic N) is 3. The van der Waals surface area contributed by atoms with E-state index in [1.807, 2.05) is 16.7 Å². The zero-order valence-corrected chi connectivity index (χ0v) is 17.0. The Balaban J connectivity index is 1.64. The molecule has 0 bridgehead atoms. The summed E-state index contributed by atoms with van der Waals surface area (Å²) < 4.78 is 7.20. The fraction of sp³-hybridized carbons (Fsp3) is 0.500. The molecule has 0 atom stereocenters. The van der Waals surface area contributed by atoms with Crippen LogP contribution in [0.15, 0.2) is 23.4 Å². The molecule has 1 aliphatic carbocycles. The summed E-state index contributed by atoms with van der Waals surface area (Å²) in [5.41, 5.74) is 1.73. The minimum Gasteiger partial charge on any atom is -0.383 e. The van der Waals surface area contributed by atoms with Crippen LogP contribution in [0.4, 0.5) is 0 Å². The van der Waals surface area contributed by atoms with Gasteiger partial charge in [0.25, 0.3) is 0 Å². The lowest BCUT2D eigenvalue weighted by Crippen LogP contribution is -2.39. The number of rotatable bonds is 9. The summed E-state index contributed by atoms with van der Waals surface area (Å²) in [6, 6.07) is 5.84. The predicted octanol–water partition coefficient (Wildman–Crippen LogP) is 2.17. The number of thioether (sulfide) groups is 1. The molecule has 1 heterocycles. The maximum absolute atomic E-state index is 12.4. The van der Waals surface area contributed by atoms with Crippen LogP contribution in [0.3, 0.4) is 0 Å². The van der Waals surface area contributed by atoms with Gasteiger partial charge in [0, 0.05) is 31.8 Å². The van der Waals surface area contributed by atoms with E-state index in [2.05, 4.69) is 10.3 Å². The number of methoxy groups -OCH3 is 1. The van der Waals surface area contributed by atoms with Crippen LogP contribution in [0.5, 0.6) is 0 Å². The van der Waals surface area contributed by atoms with E-state index in [4.69, 9.17) is 16.3 Å². The van der Waals surface area contributed by atoms with Crippen molar-refractivity contribution in [2.75, 3.05) is 33.1 Å². The van der Waals surface area contributed by atoms with Gasteiger partial charge in [-0.1, -0.05) is 23.4 Å². The van der Waals surface area contributed by atoms with E-state index in [0.717, 1.165) is 29.0 Å². The number of carbonyl (C=O) groups excluding carboxylic acids is 2. The molecule has 1 aromatic heterocycles. The summed E-state index contributed by atoms with van der Waals surface area (Å²) in [4.78, 5) is 30.3. The van der Waals surface area contributed by atoms with Gasteiger partial charge in [-0.2, -0.15) is 0 Å².